The first-order valence-corrected chi connectivity index (χ1v) is 10.7. The number of rotatable bonds is 5. The Hall–Kier alpha value is -3.31. The van der Waals surface area contributed by atoms with Crippen LogP contribution in [0.5, 0.6) is 0 Å². The van der Waals surface area contributed by atoms with E-state index in [4.69, 9.17) is 11.6 Å². The normalized spacial score (nSPS) is 13.4. The van der Waals surface area contributed by atoms with Gasteiger partial charge in [0.15, 0.2) is 0 Å². The fourth-order valence-electron chi connectivity index (χ4n) is 3.80. The molecule has 0 aromatic heterocycles. The third kappa shape index (κ3) is 4.89. The van der Waals surface area contributed by atoms with E-state index in [2.05, 4.69) is 10.6 Å². The van der Waals surface area contributed by atoms with Gasteiger partial charge in [0, 0.05) is 29.4 Å². The summed E-state index contributed by atoms with van der Waals surface area (Å²) in [5.41, 5.74) is 4.54. The first-order valence-electron chi connectivity index (χ1n) is 10.3. The summed E-state index contributed by atoms with van der Waals surface area (Å²) in [5, 5.41) is 6.23. The molecule has 1 aliphatic heterocycles. The van der Waals surface area contributed by atoms with Gasteiger partial charge in [0.05, 0.1) is 0 Å². The number of fused-ring (bicyclic) bond motifs is 1. The van der Waals surface area contributed by atoms with Crippen LogP contribution in [0.2, 0.25) is 5.02 Å². The number of nitrogens with zero attached hydrogens (tertiary/aromatic N) is 1. The molecule has 6 heteroatoms. The SMILES string of the molecule is Cc1ccc(NC(=O)NC(Cc2ccccc2)C(=O)N2CCc3ccccc32)cc1Cl. The molecule has 0 saturated heterocycles. The highest BCUT2D eigenvalue weighted by Crippen LogP contribution is 2.28. The molecule has 0 fully saturated rings. The number of carbonyl (C=O) groups excluding carboxylic acids is 2. The van der Waals surface area contributed by atoms with E-state index >= 15 is 0 Å². The van der Waals surface area contributed by atoms with E-state index in [0.29, 0.717) is 23.7 Å². The highest BCUT2D eigenvalue weighted by atomic mass is 35.5. The van der Waals surface area contributed by atoms with Crippen molar-refractivity contribution in [1.29, 1.82) is 0 Å². The van der Waals surface area contributed by atoms with Gasteiger partial charge in [0.2, 0.25) is 5.91 Å². The third-order valence-electron chi connectivity index (χ3n) is 5.47. The third-order valence-corrected chi connectivity index (χ3v) is 5.88. The summed E-state index contributed by atoms with van der Waals surface area (Å²) in [6, 6.07) is 21.8. The van der Waals surface area contributed by atoms with E-state index in [1.54, 1.807) is 17.0 Å². The monoisotopic (exact) mass is 433 g/mol. The Morgan fingerprint density at radius 3 is 2.55 bits per heavy atom. The van der Waals surface area contributed by atoms with Crippen molar-refractivity contribution in [1.82, 2.24) is 5.32 Å². The van der Waals surface area contributed by atoms with Gasteiger partial charge in [-0.15, -0.1) is 0 Å². The van der Waals surface area contributed by atoms with Crippen LogP contribution in [-0.4, -0.2) is 24.5 Å². The molecular formula is C25H24ClN3O2. The number of halogens is 1. The number of hydrogen-bond acceptors (Lipinski definition) is 2. The van der Waals surface area contributed by atoms with Crippen LogP contribution in [0.25, 0.3) is 0 Å². The van der Waals surface area contributed by atoms with Crippen molar-refractivity contribution < 1.29 is 9.59 Å². The largest absolute Gasteiger partial charge is 0.326 e. The summed E-state index contributed by atoms with van der Waals surface area (Å²) in [6.07, 6.45) is 1.22. The van der Waals surface area contributed by atoms with Crippen molar-refractivity contribution in [2.24, 2.45) is 0 Å². The van der Waals surface area contributed by atoms with Crippen molar-refractivity contribution in [3.63, 3.8) is 0 Å². The van der Waals surface area contributed by atoms with Gasteiger partial charge in [-0.1, -0.05) is 66.2 Å². The molecule has 0 saturated carbocycles. The molecular weight excluding hydrogens is 410 g/mol. The summed E-state index contributed by atoms with van der Waals surface area (Å²) < 4.78 is 0. The van der Waals surface area contributed by atoms with Gasteiger partial charge in [-0.25, -0.2) is 4.79 Å². The Bertz CT molecular complexity index is 1100. The van der Waals surface area contributed by atoms with Crippen LogP contribution in [0.15, 0.2) is 72.8 Å². The minimum Gasteiger partial charge on any atom is -0.326 e. The quantitative estimate of drug-likeness (QED) is 0.596. The number of nitrogens with one attached hydrogen (secondary N) is 2. The van der Waals surface area contributed by atoms with Crippen LogP contribution in [0.1, 0.15) is 16.7 Å². The number of hydrogen-bond donors (Lipinski definition) is 2. The van der Waals surface area contributed by atoms with E-state index in [0.717, 1.165) is 28.8 Å². The van der Waals surface area contributed by atoms with Crippen molar-refractivity contribution in [3.05, 3.63) is 94.5 Å². The maximum atomic E-state index is 13.5. The topological polar surface area (TPSA) is 61.4 Å². The Morgan fingerprint density at radius 1 is 1.03 bits per heavy atom. The molecule has 3 aromatic rings. The number of aryl methyl sites for hydroxylation is 1. The molecule has 5 nitrogen and oxygen atoms in total. The number of anilines is 2. The average molecular weight is 434 g/mol. The van der Waals surface area contributed by atoms with Crippen molar-refractivity contribution >= 4 is 34.9 Å². The molecule has 1 atom stereocenters. The van der Waals surface area contributed by atoms with E-state index in [9.17, 15) is 9.59 Å². The fraction of sp³-hybridized carbons (Fsp3) is 0.200. The van der Waals surface area contributed by atoms with Gasteiger partial charge in [-0.3, -0.25) is 4.79 Å². The number of para-hydroxylation sites is 1. The lowest BCUT2D eigenvalue weighted by Gasteiger charge is -2.25. The number of carbonyl (C=O) groups is 2. The average Bonchev–Trinajstić information content (AvgIpc) is 3.20. The highest BCUT2D eigenvalue weighted by Gasteiger charge is 2.31. The Labute approximate surface area is 187 Å². The zero-order chi connectivity index (χ0) is 21.8. The van der Waals surface area contributed by atoms with E-state index < -0.39 is 12.1 Å². The first-order chi connectivity index (χ1) is 15.0. The molecule has 1 heterocycles. The van der Waals surface area contributed by atoms with Crippen LogP contribution < -0.4 is 15.5 Å². The van der Waals surface area contributed by atoms with Crippen LogP contribution in [0.4, 0.5) is 16.2 Å². The van der Waals surface area contributed by atoms with E-state index in [1.807, 2.05) is 67.6 Å². The number of amides is 3. The summed E-state index contributed by atoms with van der Waals surface area (Å²) in [4.78, 5) is 28.0. The molecule has 158 valence electrons. The van der Waals surface area contributed by atoms with Crippen LogP contribution >= 0.6 is 11.6 Å². The number of benzene rings is 3. The summed E-state index contributed by atoms with van der Waals surface area (Å²) in [5.74, 6) is -0.120. The van der Waals surface area contributed by atoms with Gasteiger partial charge in [0.1, 0.15) is 6.04 Å². The van der Waals surface area contributed by atoms with Gasteiger partial charge < -0.3 is 15.5 Å². The molecule has 1 unspecified atom stereocenters. The standard InChI is InChI=1S/C25H24ClN3O2/c1-17-11-12-20(16-21(17)26)27-25(31)28-22(15-18-7-3-2-4-8-18)24(30)29-14-13-19-9-5-6-10-23(19)29/h2-12,16,22H,13-15H2,1H3,(H2,27,28,31). The molecule has 0 aliphatic carbocycles. The van der Waals surface area contributed by atoms with Crippen molar-refractivity contribution in [3.8, 4) is 0 Å². The lowest BCUT2D eigenvalue weighted by atomic mass is 10.0. The van der Waals surface area contributed by atoms with Gasteiger partial charge in [-0.2, -0.15) is 0 Å². The smallest absolute Gasteiger partial charge is 0.319 e. The highest BCUT2D eigenvalue weighted by molar-refractivity contribution is 6.31. The van der Waals surface area contributed by atoms with Crippen LogP contribution in [0.3, 0.4) is 0 Å². The van der Waals surface area contributed by atoms with Gasteiger partial charge >= 0.3 is 6.03 Å². The van der Waals surface area contributed by atoms with Gasteiger partial charge in [-0.05, 0) is 48.2 Å². The minimum atomic E-state index is -0.700. The second-order valence-corrected chi connectivity index (χ2v) is 8.08. The second-order valence-electron chi connectivity index (χ2n) is 7.67. The summed E-state index contributed by atoms with van der Waals surface area (Å²) >= 11 is 6.16. The Morgan fingerprint density at radius 2 is 1.77 bits per heavy atom. The van der Waals surface area contributed by atoms with Gasteiger partial charge in [0.25, 0.3) is 0 Å². The maximum absolute atomic E-state index is 13.5. The molecule has 0 spiro atoms. The van der Waals surface area contributed by atoms with E-state index in [1.165, 1.54) is 0 Å². The molecule has 4 rings (SSSR count). The predicted octanol–water partition coefficient (Wildman–Crippen LogP) is 4.97. The summed E-state index contributed by atoms with van der Waals surface area (Å²) in [7, 11) is 0. The first kappa shape index (κ1) is 20.9. The zero-order valence-electron chi connectivity index (χ0n) is 17.3. The van der Waals surface area contributed by atoms with Crippen molar-refractivity contribution in [2.45, 2.75) is 25.8 Å². The lowest BCUT2D eigenvalue weighted by molar-refractivity contribution is -0.120. The molecule has 3 aromatic carbocycles. The van der Waals surface area contributed by atoms with Crippen LogP contribution in [-0.2, 0) is 17.6 Å². The lowest BCUT2D eigenvalue weighted by Crippen LogP contribution is -2.50. The molecule has 31 heavy (non-hydrogen) atoms. The minimum absolute atomic E-state index is 0.120. The second kappa shape index (κ2) is 9.23. The zero-order valence-corrected chi connectivity index (χ0v) is 18.0. The molecule has 0 radical (unpaired) electrons. The van der Waals surface area contributed by atoms with Crippen LogP contribution in [0, 0.1) is 6.92 Å². The Kier molecular flexibility index (Phi) is 6.23. The fourth-order valence-corrected chi connectivity index (χ4v) is 3.98. The summed E-state index contributed by atoms with van der Waals surface area (Å²) in [6.45, 7) is 2.51. The predicted molar refractivity (Wildman–Crippen MR) is 125 cm³/mol. The molecule has 0 bridgehead atoms. The van der Waals surface area contributed by atoms with Crippen molar-refractivity contribution in [2.75, 3.05) is 16.8 Å². The maximum Gasteiger partial charge on any atom is 0.319 e. The Balaban J connectivity index is 1.53. The molecule has 1 aliphatic rings. The van der Waals surface area contributed by atoms with E-state index in [-0.39, 0.29) is 5.91 Å². The molecule has 2 N–H and O–H groups in total. The molecule has 3 amide bonds. The number of urea groups is 1.